The number of piperidine rings is 1. The molecule has 1 unspecified atom stereocenters. The predicted octanol–water partition coefficient (Wildman–Crippen LogP) is 2.55. The molecule has 5 heteroatoms. The van der Waals surface area contributed by atoms with Gasteiger partial charge in [-0.3, -0.25) is 9.69 Å². The Bertz CT molecular complexity index is 619. The Morgan fingerprint density at radius 2 is 2.00 bits per heavy atom. The number of ether oxygens (including phenoxy) is 1. The van der Waals surface area contributed by atoms with E-state index in [9.17, 15) is 9.90 Å². The number of aliphatic hydroxyl groups excluding tert-OH is 1. The van der Waals surface area contributed by atoms with Crippen molar-refractivity contribution in [3.05, 3.63) is 29.3 Å². The number of likely N-dealkylation sites (tertiary alicyclic amines) is 2. The molecule has 0 aromatic heterocycles. The molecule has 0 bridgehead atoms. The highest BCUT2D eigenvalue weighted by atomic mass is 16.5. The number of amides is 1. The summed E-state index contributed by atoms with van der Waals surface area (Å²) in [6.45, 7) is 5.27. The summed E-state index contributed by atoms with van der Waals surface area (Å²) >= 11 is 0. The summed E-state index contributed by atoms with van der Waals surface area (Å²) in [4.78, 5) is 17.1. The van der Waals surface area contributed by atoms with Crippen molar-refractivity contribution in [2.24, 2.45) is 0 Å². The number of likely N-dealkylation sites (N-methyl/N-ethyl adjacent to an activating group) is 1. The molecule has 5 nitrogen and oxygen atoms in total. The van der Waals surface area contributed by atoms with Gasteiger partial charge in [-0.05, 0) is 56.3 Å². The van der Waals surface area contributed by atoms with Gasteiger partial charge in [0, 0.05) is 25.7 Å². The summed E-state index contributed by atoms with van der Waals surface area (Å²) in [7, 11) is 1.92. The normalized spacial score (nSPS) is 24.3. The summed E-state index contributed by atoms with van der Waals surface area (Å²) in [6, 6.07) is 6.04. The van der Waals surface area contributed by atoms with Crippen molar-refractivity contribution in [3.8, 4) is 5.75 Å². The van der Waals surface area contributed by atoms with Gasteiger partial charge in [-0.1, -0.05) is 13.0 Å². The van der Waals surface area contributed by atoms with Crippen LogP contribution in [0, 0.1) is 0 Å². The lowest BCUT2D eigenvalue weighted by Gasteiger charge is -2.43. The zero-order valence-corrected chi connectivity index (χ0v) is 15.5. The molecule has 1 spiro atoms. The van der Waals surface area contributed by atoms with Crippen molar-refractivity contribution in [2.45, 2.75) is 57.7 Å². The van der Waals surface area contributed by atoms with Gasteiger partial charge in [0.1, 0.15) is 11.3 Å². The second kappa shape index (κ2) is 7.75. The molecule has 0 radical (unpaired) electrons. The third-order valence-corrected chi connectivity index (χ3v) is 5.58. The first kappa shape index (κ1) is 18.2. The number of carbonyl (C=O) groups is 1. The molecule has 1 aromatic rings. The van der Waals surface area contributed by atoms with Crippen LogP contribution in [-0.4, -0.2) is 53.1 Å². The van der Waals surface area contributed by atoms with Crippen LogP contribution >= 0.6 is 0 Å². The number of benzene rings is 1. The van der Waals surface area contributed by atoms with Crippen molar-refractivity contribution in [1.29, 1.82) is 0 Å². The summed E-state index contributed by atoms with van der Waals surface area (Å²) in [6.07, 6.45) is 5.01. The molecule has 2 aliphatic heterocycles. The third kappa shape index (κ3) is 3.53. The van der Waals surface area contributed by atoms with Crippen LogP contribution in [0.25, 0.3) is 0 Å². The third-order valence-electron chi connectivity index (χ3n) is 5.58. The van der Waals surface area contributed by atoms with E-state index in [0.717, 1.165) is 68.6 Å². The molecule has 3 rings (SSSR count). The van der Waals surface area contributed by atoms with Gasteiger partial charge in [0.2, 0.25) is 5.91 Å². The van der Waals surface area contributed by atoms with E-state index in [1.54, 1.807) is 0 Å². The van der Waals surface area contributed by atoms with Crippen molar-refractivity contribution >= 4 is 5.91 Å². The topological polar surface area (TPSA) is 53.0 Å². The average Bonchev–Trinajstić information content (AvgIpc) is 3.01. The van der Waals surface area contributed by atoms with Crippen LogP contribution in [0.15, 0.2) is 18.2 Å². The minimum Gasteiger partial charge on any atom is -0.493 e. The lowest BCUT2D eigenvalue weighted by atomic mass is 9.85. The number of rotatable bonds is 6. The first-order chi connectivity index (χ1) is 12.1. The molecule has 1 atom stereocenters. The fourth-order valence-corrected chi connectivity index (χ4v) is 4.29. The zero-order valence-electron chi connectivity index (χ0n) is 15.5. The van der Waals surface area contributed by atoms with Gasteiger partial charge in [0.25, 0.3) is 0 Å². The molecule has 2 aliphatic rings. The second-order valence-electron chi connectivity index (χ2n) is 7.34. The fraction of sp³-hybridized carbons (Fsp3) is 0.650. The fourth-order valence-electron chi connectivity index (χ4n) is 4.29. The monoisotopic (exact) mass is 346 g/mol. The van der Waals surface area contributed by atoms with Crippen LogP contribution in [0.2, 0.25) is 0 Å². The Labute approximate surface area is 150 Å². The first-order valence-electron chi connectivity index (χ1n) is 9.47. The van der Waals surface area contributed by atoms with Crippen LogP contribution in [0.4, 0.5) is 0 Å². The molecule has 1 amide bonds. The van der Waals surface area contributed by atoms with Crippen LogP contribution in [0.5, 0.6) is 5.75 Å². The van der Waals surface area contributed by atoms with Crippen molar-refractivity contribution < 1.29 is 14.6 Å². The molecular weight excluding hydrogens is 316 g/mol. The SMILES string of the molecule is CCCOc1ccc(CN2CCCC23CCCN(C)C3=O)cc1CO. The van der Waals surface area contributed by atoms with Crippen LogP contribution in [0.3, 0.4) is 0 Å². The summed E-state index contributed by atoms with van der Waals surface area (Å²) < 4.78 is 5.71. The quantitative estimate of drug-likeness (QED) is 0.860. The largest absolute Gasteiger partial charge is 0.493 e. The van der Waals surface area contributed by atoms with E-state index in [4.69, 9.17) is 4.74 Å². The highest BCUT2D eigenvalue weighted by molar-refractivity contribution is 5.87. The van der Waals surface area contributed by atoms with Crippen molar-refractivity contribution in [1.82, 2.24) is 9.80 Å². The molecule has 2 fully saturated rings. The van der Waals surface area contributed by atoms with Crippen molar-refractivity contribution in [3.63, 3.8) is 0 Å². The van der Waals surface area contributed by atoms with Crippen LogP contribution < -0.4 is 4.74 Å². The van der Waals surface area contributed by atoms with Gasteiger partial charge in [-0.2, -0.15) is 0 Å². The number of carbonyl (C=O) groups excluding carboxylic acids is 1. The van der Waals surface area contributed by atoms with Gasteiger partial charge in [-0.25, -0.2) is 0 Å². The lowest BCUT2D eigenvalue weighted by molar-refractivity contribution is -0.146. The number of hydrogen-bond donors (Lipinski definition) is 1. The standard InChI is InChI=1S/C20H30N2O3/c1-3-12-25-18-7-6-16(13-17(18)15-23)14-22-11-5-9-20(22)8-4-10-21(2)19(20)24/h6-7,13,23H,3-5,8-12,14-15H2,1-2H3. The Morgan fingerprint density at radius 1 is 1.24 bits per heavy atom. The minimum absolute atomic E-state index is 0.0281. The Balaban J connectivity index is 1.78. The predicted molar refractivity (Wildman–Crippen MR) is 97.4 cm³/mol. The van der Waals surface area contributed by atoms with Crippen LogP contribution in [0.1, 0.15) is 50.2 Å². The van der Waals surface area contributed by atoms with Gasteiger partial charge >= 0.3 is 0 Å². The van der Waals surface area contributed by atoms with Crippen LogP contribution in [-0.2, 0) is 17.9 Å². The first-order valence-corrected chi connectivity index (χ1v) is 9.47. The van der Waals surface area contributed by atoms with E-state index in [2.05, 4.69) is 17.9 Å². The number of aliphatic hydroxyl groups is 1. The van der Waals surface area contributed by atoms with E-state index in [0.29, 0.717) is 6.61 Å². The summed E-state index contributed by atoms with van der Waals surface area (Å²) in [5.74, 6) is 1.04. The van der Waals surface area contributed by atoms with Gasteiger partial charge in [0.05, 0.1) is 13.2 Å². The Hall–Kier alpha value is -1.59. The second-order valence-corrected chi connectivity index (χ2v) is 7.34. The molecule has 1 N–H and O–H groups in total. The van der Waals surface area contributed by atoms with Gasteiger partial charge in [0.15, 0.2) is 0 Å². The van der Waals surface area contributed by atoms with E-state index in [1.807, 2.05) is 24.1 Å². The van der Waals surface area contributed by atoms with E-state index in [-0.39, 0.29) is 18.1 Å². The van der Waals surface area contributed by atoms with Gasteiger partial charge in [-0.15, -0.1) is 0 Å². The number of hydrogen-bond acceptors (Lipinski definition) is 4. The Morgan fingerprint density at radius 3 is 2.72 bits per heavy atom. The average molecular weight is 346 g/mol. The summed E-state index contributed by atoms with van der Waals surface area (Å²) in [5.41, 5.74) is 1.64. The number of nitrogens with zero attached hydrogens (tertiary/aromatic N) is 2. The zero-order chi connectivity index (χ0) is 17.9. The maximum absolute atomic E-state index is 12.9. The molecule has 0 saturated carbocycles. The molecule has 25 heavy (non-hydrogen) atoms. The molecule has 138 valence electrons. The van der Waals surface area contributed by atoms with Gasteiger partial charge < -0.3 is 14.7 Å². The maximum Gasteiger partial charge on any atom is 0.242 e. The Kier molecular flexibility index (Phi) is 5.64. The van der Waals surface area contributed by atoms with E-state index >= 15 is 0 Å². The molecule has 0 aliphatic carbocycles. The maximum atomic E-state index is 12.9. The summed E-state index contributed by atoms with van der Waals surface area (Å²) in [5, 5.41) is 9.67. The smallest absolute Gasteiger partial charge is 0.242 e. The molecule has 2 heterocycles. The highest BCUT2D eigenvalue weighted by Crippen LogP contribution is 2.39. The highest BCUT2D eigenvalue weighted by Gasteiger charge is 2.49. The molecule has 1 aromatic carbocycles. The van der Waals surface area contributed by atoms with E-state index < -0.39 is 0 Å². The van der Waals surface area contributed by atoms with Crippen molar-refractivity contribution in [2.75, 3.05) is 26.7 Å². The van der Waals surface area contributed by atoms with E-state index in [1.165, 1.54) is 0 Å². The lowest BCUT2D eigenvalue weighted by Crippen LogP contribution is -2.58. The minimum atomic E-state index is -0.316. The molecular formula is C20H30N2O3. The molecule has 2 saturated heterocycles.